The molecule has 1 aliphatic heterocycles. The van der Waals surface area contributed by atoms with Crippen molar-refractivity contribution in [1.82, 2.24) is 19.0 Å². The lowest BCUT2D eigenvalue weighted by Gasteiger charge is -2.34. The molecule has 0 atom stereocenters. The van der Waals surface area contributed by atoms with Gasteiger partial charge in [-0.2, -0.15) is 4.37 Å². The first-order chi connectivity index (χ1) is 15.4. The third-order valence-corrected chi connectivity index (χ3v) is 7.72. The van der Waals surface area contributed by atoms with Gasteiger partial charge in [0.1, 0.15) is 11.6 Å². The fraction of sp³-hybridized carbons (Fsp3) is 0.364. The number of nitrogens with one attached hydrogen (secondary N) is 1. The summed E-state index contributed by atoms with van der Waals surface area (Å²) in [6, 6.07) is 13.2. The first kappa shape index (κ1) is 22.8. The van der Waals surface area contributed by atoms with E-state index < -0.39 is 15.8 Å². The average molecular weight is 476 g/mol. The van der Waals surface area contributed by atoms with E-state index in [9.17, 15) is 12.8 Å². The van der Waals surface area contributed by atoms with Crippen LogP contribution in [-0.4, -0.2) is 61.9 Å². The standard InChI is InChI=1S/C22H26FN5O2S2/c1-17-2-4-18(5-3-17)16-21-25-22(31-26-21)28-14-12-27(13-15-28)11-10-24-32(29,30)20-8-6-19(23)7-9-20/h2-9,24H,10-16H2,1H3. The number of aryl methyl sites for hydroxylation is 1. The quantitative estimate of drug-likeness (QED) is 0.540. The van der Waals surface area contributed by atoms with Crippen molar-refractivity contribution in [3.8, 4) is 0 Å². The van der Waals surface area contributed by atoms with Crippen LogP contribution in [0.5, 0.6) is 0 Å². The molecule has 0 amide bonds. The fourth-order valence-electron chi connectivity index (χ4n) is 3.53. The minimum atomic E-state index is -3.63. The van der Waals surface area contributed by atoms with E-state index in [-0.39, 0.29) is 4.90 Å². The zero-order chi connectivity index (χ0) is 22.6. The number of halogens is 1. The predicted molar refractivity (Wildman–Crippen MR) is 124 cm³/mol. The summed E-state index contributed by atoms with van der Waals surface area (Å²) < 4.78 is 44.7. The van der Waals surface area contributed by atoms with Gasteiger partial charge in [-0.25, -0.2) is 22.5 Å². The Bertz CT molecular complexity index is 1130. The first-order valence-corrected chi connectivity index (χ1v) is 12.8. The molecule has 0 saturated carbocycles. The van der Waals surface area contributed by atoms with Crippen LogP contribution in [0.2, 0.25) is 0 Å². The summed E-state index contributed by atoms with van der Waals surface area (Å²) >= 11 is 1.43. The van der Waals surface area contributed by atoms with Crippen LogP contribution in [0.4, 0.5) is 9.52 Å². The molecular formula is C22H26FN5O2S2. The van der Waals surface area contributed by atoms with Crippen LogP contribution in [0.1, 0.15) is 17.0 Å². The maximum Gasteiger partial charge on any atom is 0.240 e. The Morgan fingerprint density at radius 3 is 2.41 bits per heavy atom. The van der Waals surface area contributed by atoms with Gasteiger partial charge in [0.25, 0.3) is 0 Å². The molecule has 1 fully saturated rings. The number of sulfonamides is 1. The predicted octanol–water partition coefficient (Wildman–Crippen LogP) is 2.68. The number of nitrogens with zero attached hydrogens (tertiary/aromatic N) is 4. The van der Waals surface area contributed by atoms with E-state index in [4.69, 9.17) is 4.98 Å². The molecule has 0 aliphatic carbocycles. The molecule has 32 heavy (non-hydrogen) atoms. The van der Waals surface area contributed by atoms with Crippen LogP contribution in [0, 0.1) is 12.7 Å². The van der Waals surface area contributed by atoms with Crippen molar-refractivity contribution in [2.75, 3.05) is 44.2 Å². The molecular weight excluding hydrogens is 449 g/mol. The molecule has 170 valence electrons. The minimum Gasteiger partial charge on any atom is -0.344 e. The molecule has 0 unspecified atom stereocenters. The highest BCUT2D eigenvalue weighted by Crippen LogP contribution is 2.20. The molecule has 1 aromatic heterocycles. The Kier molecular flexibility index (Phi) is 7.14. The summed E-state index contributed by atoms with van der Waals surface area (Å²) in [5.41, 5.74) is 2.44. The second-order valence-corrected chi connectivity index (χ2v) is 10.3. The normalized spacial score (nSPS) is 15.2. The molecule has 1 N–H and O–H groups in total. The Morgan fingerprint density at radius 2 is 1.72 bits per heavy atom. The molecule has 1 aliphatic rings. The second-order valence-electron chi connectivity index (χ2n) is 7.84. The van der Waals surface area contributed by atoms with E-state index in [2.05, 4.69) is 50.1 Å². The summed E-state index contributed by atoms with van der Waals surface area (Å²) in [5, 5.41) is 0.934. The molecule has 7 nitrogen and oxygen atoms in total. The topological polar surface area (TPSA) is 78.4 Å². The summed E-state index contributed by atoms with van der Waals surface area (Å²) in [6.45, 7) is 6.29. The zero-order valence-corrected chi connectivity index (χ0v) is 19.5. The van der Waals surface area contributed by atoms with Crippen LogP contribution in [0.25, 0.3) is 0 Å². The van der Waals surface area contributed by atoms with Gasteiger partial charge in [-0.15, -0.1) is 0 Å². The molecule has 10 heteroatoms. The number of rotatable bonds is 8. The van der Waals surface area contributed by atoms with Gasteiger partial charge in [0.05, 0.1) is 4.90 Å². The third kappa shape index (κ3) is 5.89. The monoisotopic (exact) mass is 475 g/mol. The number of hydrogen-bond donors (Lipinski definition) is 1. The van der Waals surface area contributed by atoms with E-state index in [1.54, 1.807) is 0 Å². The lowest BCUT2D eigenvalue weighted by molar-refractivity contribution is 0.262. The molecule has 2 heterocycles. The van der Waals surface area contributed by atoms with Gasteiger partial charge in [-0.05, 0) is 36.8 Å². The Labute approximate surface area is 192 Å². The fourth-order valence-corrected chi connectivity index (χ4v) is 5.29. The molecule has 0 bridgehead atoms. The van der Waals surface area contributed by atoms with Crippen molar-refractivity contribution in [3.63, 3.8) is 0 Å². The second kappa shape index (κ2) is 10.0. The zero-order valence-electron chi connectivity index (χ0n) is 17.9. The molecule has 1 saturated heterocycles. The average Bonchev–Trinajstić information content (AvgIpc) is 3.24. The lowest BCUT2D eigenvalue weighted by Crippen LogP contribution is -2.48. The minimum absolute atomic E-state index is 0.0708. The van der Waals surface area contributed by atoms with E-state index in [1.807, 2.05) is 0 Å². The van der Waals surface area contributed by atoms with Crippen molar-refractivity contribution >= 4 is 26.7 Å². The number of anilines is 1. The summed E-state index contributed by atoms with van der Waals surface area (Å²) in [5.74, 6) is 0.381. The van der Waals surface area contributed by atoms with Crippen molar-refractivity contribution in [3.05, 3.63) is 71.3 Å². The maximum atomic E-state index is 13.0. The van der Waals surface area contributed by atoms with Gasteiger partial charge >= 0.3 is 0 Å². The SMILES string of the molecule is Cc1ccc(Cc2nsc(N3CCN(CCNS(=O)(=O)c4ccc(F)cc4)CC3)n2)cc1. The Morgan fingerprint density at radius 1 is 1.03 bits per heavy atom. The van der Waals surface area contributed by atoms with Gasteiger partial charge < -0.3 is 4.90 Å². The van der Waals surface area contributed by atoms with Gasteiger partial charge in [0.15, 0.2) is 0 Å². The van der Waals surface area contributed by atoms with Gasteiger partial charge in [-0.3, -0.25) is 4.90 Å². The largest absolute Gasteiger partial charge is 0.344 e. The van der Waals surface area contributed by atoms with Crippen molar-refractivity contribution < 1.29 is 12.8 Å². The van der Waals surface area contributed by atoms with Crippen LogP contribution in [0.3, 0.4) is 0 Å². The summed E-state index contributed by atoms with van der Waals surface area (Å²) in [7, 11) is -3.63. The van der Waals surface area contributed by atoms with Gasteiger partial charge in [0, 0.05) is 57.2 Å². The first-order valence-electron chi connectivity index (χ1n) is 10.5. The van der Waals surface area contributed by atoms with Gasteiger partial charge in [0.2, 0.25) is 15.2 Å². The van der Waals surface area contributed by atoms with Crippen molar-refractivity contribution in [1.29, 1.82) is 0 Å². The van der Waals surface area contributed by atoms with E-state index in [0.717, 1.165) is 55.7 Å². The van der Waals surface area contributed by atoms with Crippen molar-refractivity contribution in [2.45, 2.75) is 18.2 Å². The molecule has 2 aromatic carbocycles. The van der Waals surface area contributed by atoms with Crippen LogP contribution < -0.4 is 9.62 Å². The Hall–Kier alpha value is -2.40. The highest BCUT2D eigenvalue weighted by atomic mass is 32.2. The highest BCUT2D eigenvalue weighted by molar-refractivity contribution is 7.89. The number of hydrogen-bond acceptors (Lipinski definition) is 7. The number of aromatic nitrogens is 2. The summed E-state index contributed by atoms with van der Waals surface area (Å²) in [4.78, 5) is 9.23. The van der Waals surface area contributed by atoms with Crippen molar-refractivity contribution in [2.24, 2.45) is 0 Å². The Balaban J connectivity index is 1.23. The lowest BCUT2D eigenvalue weighted by atomic mass is 10.1. The number of benzene rings is 2. The smallest absolute Gasteiger partial charge is 0.240 e. The molecule has 4 rings (SSSR count). The van der Waals surface area contributed by atoms with E-state index in [0.29, 0.717) is 13.1 Å². The van der Waals surface area contributed by atoms with E-state index >= 15 is 0 Å². The number of piperazine rings is 1. The molecule has 0 spiro atoms. The van der Waals surface area contributed by atoms with E-state index in [1.165, 1.54) is 34.8 Å². The maximum absolute atomic E-state index is 13.0. The molecule has 3 aromatic rings. The van der Waals surface area contributed by atoms with Crippen LogP contribution in [-0.2, 0) is 16.4 Å². The van der Waals surface area contributed by atoms with Crippen LogP contribution >= 0.6 is 11.5 Å². The van der Waals surface area contributed by atoms with Gasteiger partial charge in [-0.1, -0.05) is 29.8 Å². The summed E-state index contributed by atoms with van der Waals surface area (Å²) in [6.07, 6.45) is 0.727. The highest BCUT2D eigenvalue weighted by Gasteiger charge is 2.21. The van der Waals surface area contributed by atoms with Crippen LogP contribution in [0.15, 0.2) is 53.4 Å². The third-order valence-electron chi connectivity index (χ3n) is 5.43. The molecule has 0 radical (unpaired) electrons.